The highest BCUT2D eigenvalue weighted by molar-refractivity contribution is 7.98. The Balaban J connectivity index is 1.75. The molecule has 0 saturated heterocycles. The van der Waals surface area contributed by atoms with Crippen LogP contribution < -0.4 is 0 Å². The molecule has 7 heteroatoms. The molecule has 0 fully saturated rings. The number of carbonyl (C=O) groups is 1. The third-order valence-corrected chi connectivity index (χ3v) is 4.50. The van der Waals surface area contributed by atoms with Crippen molar-refractivity contribution in [2.45, 2.75) is 17.7 Å². The molecule has 1 heterocycles. The highest BCUT2D eigenvalue weighted by Crippen LogP contribution is 2.26. The number of hydrogen-bond donors (Lipinski definition) is 1. The molecule has 0 unspecified atom stereocenters. The van der Waals surface area contributed by atoms with Gasteiger partial charge in [0.05, 0.1) is 6.61 Å². The minimum atomic E-state index is -0.461. The first-order chi connectivity index (χ1) is 11.2. The van der Waals surface area contributed by atoms with Crippen molar-refractivity contribution in [3.8, 4) is 0 Å². The average molecular weight is 348 g/mol. The van der Waals surface area contributed by atoms with Crippen LogP contribution in [0, 0.1) is 0 Å². The molecular formula is C16H14ClN3O2S. The summed E-state index contributed by atoms with van der Waals surface area (Å²) in [5.41, 5.74) is 1.35. The van der Waals surface area contributed by atoms with Crippen LogP contribution in [0.3, 0.4) is 0 Å². The zero-order valence-electron chi connectivity index (χ0n) is 12.4. The van der Waals surface area contributed by atoms with Gasteiger partial charge < -0.3 is 4.74 Å². The average Bonchev–Trinajstić information content (AvgIpc) is 3.01. The van der Waals surface area contributed by atoms with E-state index in [1.54, 1.807) is 6.92 Å². The fourth-order valence-corrected chi connectivity index (χ4v) is 3.20. The zero-order valence-corrected chi connectivity index (χ0v) is 13.9. The molecule has 0 aliphatic heterocycles. The number of ether oxygens (including phenoxy) is 1. The van der Waals surface area contributed by atoms with Gasteiger partial charge in [0.25, 0.3) is 0 Å². The van der Waals surface area contributed by atoms with Crippen LogP contribution in [-0.4, -0.2) is 28.0 Å². The lowest BCUT2D eigenvalue weighted by molar-refractivity contribution is 0.0515. The fourth-order valence-electron chi connectivity index (χ4n) is 2.16. The van der Waals surface area contributed by atoms with Crippen molar-refractivity contribution < 1.29 is 9.53 Å². The van der Waals surface area contributed by atoms with Gasteiger partial charge in [-0.1, -0.05) is 47.6 Å². The number of aromatic amines is 1. The molecule has 5 nitrogen and oxygen atoms in total. The molecule has 0 amide bonds. The van der Waals surface area contributed by atoms with E-state index in [1.165, 1.54) is 11.8 Å². The lowest BCUT2D eigenvalue weighted by Gasteiger charge is -2.04. The number of H-pyrrole nitrogens is 1. The number of carbonyl (C=O) groups excluding carboxylic acids is 1. The molecular weight excluding hydrogens is 334 g/mol. The van der Waals surface area contributed by atoms with Crippen molar-refractivity contribution in [1.82, 2.24) is 15.4 Å². The molecule has 0 bridgehead atoms. The number of halogens is 1. The highest BCUT2D eigenvalue weighted by Gasteiger charge is 2.17. The molecule has 1 N–H and O–H groups in total. The van der Waals surface area contributed by atoms with E-state index < -0.39 is 5.97 Å². The van der Waals surface area contributed by atoms with Crippen LogP contribution in [0.5, 0.6) is 0 Å². The fraction of sp³-hybridized carbons (Fsp3) is 0.188. The highest BCUT2D eigenvalue weighted by atomic mass is 35.5. The molecule has 0 spiro atoms. The summed E-state index contributed by atoms with van der Waals surface area (Å²) in [6.07, 6.45) is 0. The number of nitrogens with one attached hydrogen (secondary N) is 1. The van der Waals surface area contributed by atoms with E-state index in [2.05, 4.69) is 21.5 Å². The number of benzene rings is 2. The van der Waals surface area contributed by atoms with Gasteiger partial charge in [0, 0.05) is 10.8 Å². The maximum absolute atomic E-state index is 11.8. The topological polar surface area (TPSA) is 67.9 Å². The predicted molar refractivity (Wildman–Crippen MR) is 90.9 cm³/mol. The monoisotopic (exact) mass is 347 g/mol. The van der Waals surface area contributed by atoms with Crippen molar-refractivity contribution >= 4 is 40.1 Å². The molecule has 0 radical (unpaired) electrons. The molecule has 1 aromatic heterocycles. The van der Waals surface area contributed by atoms with E-state index in [0.717, 1.165) is 21.4 Å². The molecule has 118 valence electrons. The minimum absolute atomic E-state index is 0.226. The van der Waals surface area contributed by atoms with E-state index in [1.807, 2.05) is 30.3 Å². The molecule has 3 aromatic rings. The Morgan fingerprint density at radius 2 is 2.00 bits per heavy atom. The van der Waals surface area contributed by atoms with Crippen molar-refractivity contribution in [3.63, 3.8) is 0 Å². The number of rotatable bonds is 5. The Bertz CT molecular complexity index is 850. The second kappa shape index (κ2) is 7.02. The maximum Gasteiger partial charge on any atom is 0.361 e. The lowest BCUT2D eigenvalue weighted by atomic mass is 10.1. The Morgan fingerprint density at radius 1 is 1.22 bits per heavy atom. The SMILES string of the molecule is CCOC(=O)c1n[nH]nc1SCc1ccc2cc(Cl)ccc2c1. The minimum Gasteiger partial charge on any atom is -0.461 e. The molecule has 2 aromatic carbocycles. The van der Waals surface area contributed by atoms with E-state index in [-0.39, 0.29) is 5.69 Å². The second-order valence-corrected chi connectivity index (χ2v) is 6.21. The van der Waals surface area contributed by atoms with E-state index in [4.69, 9.17) is 16.3 Å². The second-order valence-electron chi connectivity index (χ2n) is 4.81. The largest absolute Gasteiger partial charge is 0.461 e. The summed E-state index contributed by atoms with van der Waals surface area (Å²) in [7, 11) is 0. The number of hydrogen-bond acceptors (Lipinski definition) is 5. The van der Waals surface area contributed by atoms with Crippen LogP contribution in [-0.2, 0) is 10.5 Å². The summed E-state index contributed by atoms with van der Waals surface area (Å²) >= 11 is 7.43. The summed E-state index contributed by atoms with van der Waals surface area (Å²) in [5, 5.41) is 13.8. The molecule has 0 aliphatic carbocycles. The van der Waals surface area contributed by atoms with Gasteiger partial charge in [-0.15, -0.1) is 10.2 Å². The van der Waals surface area contributed by atoms with Crippen molar-refractivity contribution in [2.24, 2.45) is 0 Å². The van der Waals surface area contributed by atoms with Gasteiger partial charge in [-0.3, -0.25) is 0 Å². The van der Waals surface area contributed by atoms with Crippen LogP contribution >= 0.6 is 23.4 Å². The standard InChI is InChI=1S/C16H14ClN3O2S/c1-2-22-16(21)14-15(19-20-18-14)23-9-10-3-4-12-8-13(17)6-5-11(12)7-10/h3-8H,2,9H2,1H3,(H,18,19,20). The first-order valence-corrected chi connectivity index (χ1v) is 8.42. The molecule has 0 saturated carbocycles. The predicted octanol–water partition coefficient (Wildman–Crippen LogP) is 4.08. The van der Waals surface area contributed by atoms with E-state index >= 15 is 0 Å². The van der Waals surface area contributed by atoms with Crippen LogP contribution in [0.1, 0.15) is 23.0 Å². The summed E-state index contributed by atoms with van der Waals surface area (Å²) in [5.74, 6) is 0.217. The molecule has 0 aliphatic rings. The van der Waals surface area contributed by atoms with Crippen molar-refractivity contribution in [1.29, 1.82) is 0 Å². The number of aromatic nitrogens is 3. The van der Waals surface area contributed by atoms with Crippen LogP contribution in [0.2, 0.25) is 5.02 Å². The number of thioether (sulfide) groups is 1. The normalized spacial score (nSPS) is 10.9. The van der Waals surface area contributed by atoms with Crippen LogP contribution in [0.25, 0.3) is 10.8 Å². The quantitative estimate of drug-likeness (QED) is 0.556. The smallest absolute Gasteiger partial charge is 0.361 e. The third-order valence-electron chi connectivity index (χ3n) is 3.23. The van der Waals surface area contributed by atoms with Crippen molar-refractivity contribution in [3.05, 3.63) is 52.7 Å². The van der Waals surface area contributed by atoms with Gasteiger partial charge in [-0.05, 0) is 35.4 Å². The van der Waals surface area contributed by atoms with Gasteiger partial charge in [-0.25, -0.2) is 4.79 Å². The third kappa shape index (κ3) is 3.65. The van der Waals surface area contributed by atoms with Gasteiger partial charge in [0.1, 0.15) is 0 Å². The summed E-state index contributed by atoms with van der Waals surface area (Å²) < 4.78 is 4.96. The Labute approximate surface area is 142 Å². The Morgan fingerprint density at radius 3 is 2.83 bits per heavy atom. The molecule has 0 atom stereocenters. The van der Waals surface area contributed by atoms with Gasteiger partial charge in [0.15, 0.2) is 5.03 Å². The van der Waals surface area contributed by atoms with E-state index in [0.29, 0.717) is 17.4 Å². The molecule has 3 rings (SSSR count). The Hall–Kier alpha value is -2.05. The molecule has 23 heavy (non-hydrogen) atoms. The van der Waals surface area contributed by atoms with E-state index in [9.17, 15) is 4.79 Å². The number of esters is 1. The summed E-state index contributed by atoms with van der Waals surface area (Å²) in [4.78, 5) is 11.8. The van der Waals surface area contributed by atoms with Gasteiger partial charge in [0.2, 0.25) is 5.69 Å². The summed E-state index contributed by atoms with van der Waals surface area (Å²) in [6.45, 7) is 2.06. The number of nitrogens with zero attached hydrogens (tertiary/aromatic N) is 2. The van der Waals surface area contributed by atoms with Gasteiger partial charge in [-0.2, -0.15) is 5.21 Å². The van der Waals surface area contributed by atoms with Crippen molar-refractivity contribution in [2.75, 3.05) is 6.61 Å². The number of fused-ring (bicyclic) bond motifs is 1. The zero-order chi connectivity index (χ0) is 16.2. The van der Waals surface area contributed by atoms with Crippen LogP contribution in [0.4, 0.5) is 0 Å². The van der Waals surface area contributed by atoms with Gasteiger partial charge >= 0.3 is 5.97 Å². The Kier molecular flexibility index (Phi) is 4.83. The lowest BCUT2D eigenvalue weighted by Crippen LogP contribution is -2.06. The first kappa shape index (κ1) is 15.8. The van der Waals surface area contributed by atoms with Crippen LogP contribution in [0.15, 0.2) is 41.4 Å². The summed E-state index contributed by atoms with van der Waals surface area (Å²) in [6, 6.07) is 12.0. The first-order valence-electron chi connectivity index (χ1n) is 7.06. The maximum atomic E-state index is 11.8.